The van der Waals surface area contributed by atoms with Gasteiger partial charge >= 0.3 is 0 Å². The number of aromatic amines is 1. The van der Waals surface area contributed by atoms with Gasteiger partial charge in [-0.1, -0.05) is 78.3 Å². The van der Waals surface area contributed by atoms with Gasteiger partial charge in [0.2, 0.25) is 5.91 Å². The maximum Gasteiger partial charge on any atom is 0.223 e. The fraction of sp³-hybridized carbons (Fsp3) is 0.214. The zero-order valence-electron chi connectivity index (χ0n) is 18.4. The molecule has 1 aliphatic rings. The molecule has 0 spiro atoms. The molecule has 5 heteroatoms. The van der Waals surface area contributed by atoms with Crippen molar-refractivity contribution in [3.05, 3.63) is 101 Å². The molecular weight excluding hydrogens is 430 g/mol. The summed E-state index contributed by atoms with van der Waals surface area (Å²) in [6.45, 7) is 0.792. The van der Waals surface area contributed by atoms with Crippen molar-refractivity contribution in [3.8, 4) is 22.4 Å². The zero-order valence-corrected chi connectivity index (χ0v) is 19.1. The van der Waals surface area contributed by atoms with Crippen LogP contribution in [0.15, 0.2) is 85.1 Å². The van der Waals surface area contributed by atoms with Crippen LogP contribution in [-0.2, 0) is 11.2 Å². The Morgan fingerprint density at radius 1 is 0.939 bits per heavy atom. The van der Waals surface area contributed by atoms with E-state index >= 15 is 0 Å². The molecule has 166 valence electrons. The number of H-pyrrole nitrogens is 1. The van der Waals surface area contributed by atoms with Crippen molar-refractivity contribution in [3.63, 3.8) is 0 Å². The second-order valence-corrected chi connectivity index (χ2v) is 8.93. The highest BCUT2D eigenvalue weighted by Crippen LogP contribution is 2.32. The number of amides is 1. The molecule has 33 heavy (non-hydrogen) atoms. The van der Waals surface area contributed by atoms with E-state index in [0.717, 1.165) is 59.0 Å². The van der Waals surface area contributed by atoms with Gasteiger partial charge in [-0.3, -0.25) is 4.79 Å². The summed E-state index contributed by atoms with van der Waals surface area (Å²) >= 11 is 5.99. The fourth-order valence-electron chi connectivity index (χ4n) is 4.52. The van der Waals surface area contributed by atoms with Crippen molar-refractivity contribution in [1.82, 2.24) is 14.9 Å². The third-order valence-corrected chi connectivity index (χ3v) is 6.58. The second kappa shape index (κ2) is 9.63. The number of imidazole rings is 1. The molecule has 1 N–H and O–H groups in total. The van der Waals surface area contributed by atoms with Crippen LogP contribution < -0.4 is 0 Å². The summed E-state index contributed by atoms with van der Waals surface area (Å²) in [5.41, 5.74) is 5.55. The van der Waals surface area contributed by atoms with Crippen LogP contribution >= 0.6 is 11.6 Å². The molecule has 1 aromatic heterocycles. The molecule has 0 saturated carbocycles. The van der Waals surface area contributed by atoms with E-state index in [0.29, 0.717) is 6.42 Å². The minimum atomic E-state index is 0.0299. The van der Waals surface area contributed by atoms with E-state index in [1.54, 1.807) is 0 Å². The summed E-state index contributed by atoms with van der Waals surface area (Å²) in [6, 6.07) is 26.5. The molecule has 4 nitrogen and oxygen atoms in total. The lowest BCUT2D eigenvalue weighted by molar-refractivity contribution is -0.132. The van der Waals surface area contributed by atoms with E-state index in [9.17, 15) is 4.79 Å². The Hall–Kier alpha value is -3.37. The normalized spacial score (nSPS) is 15.7. The number of carbonyl (C=O) groups is 1. The number of benzene rings is 3. The minimum absolute atomic E-state index is 0.0299. The molecule has 0 radical (unpaired) electrons. The van der Waals surface area contributed by atoms with E-state index < -0.39 is 0 Å². The summed E-state index contributed by atoms with van der Waals surface area (Å²) in [6.07, 6.45) is 5.06. The van der Waals surface area contributed by atoms with Gasteiger partial charge < -0.3 is 9.88 Å². The van der Waals surface area contributed by atoms with Gasteiger partial charge in [0.25, 0.3) is 0 Å². The first kappa shape index (κ1) is 21.5. The Balaban J connectivity index is 1.21. The van der Waals surface area contributed by atoms with Gasteiger partial charge in [0.05, 0.1) is 17.9 Å². The Kier molecular flexibility index (Phi) is 6.27. The summed E-state index contributed by atoms with van der Waals surface area (Å²) in [5, 5.41) is 0.736. The van der Waals surface area contributed by atoms with Crippen molar-refractivity contribution >= 4 is 17.5 Å². The summed E-state index contributed by atoms with van der Waals surface area (Å²) < 4.78 is 0. The molecule has 1 fully saturated rings. The standard InChI is InChI=1S/C28H26ClN3O/c29-24-15-13-22(14-16-24)21-11-8-20(9-12-21)10-17-27(33)32-18-4-7-26(32)28-30-19-25(31-28)23-5-2-1-3-6-23/h1-3,5-6,8-9,11-16,19,26H,4,7,10,17-18H2,(H,30,31)/t26-/m0/s1. The number of nitrogens with zero attached hydrogens (tertiary/aromatic N) is 2. The number of rotatable bonds is 6. The Morgan fingerprint density at radius 3 is 2.36 bits per heavy atom. The third-order valence-electron chi connectivity index (χ3n) is 6.33. The van der Waals surface area contributed by atoms with Gasteiger partial charge in [0, 0.05) is 18.0 Å². The van der Waals surface area contributed by atoms with E-state index in [2.05, 4.69) is 46.4 Å². The number of likely N-dealkylation sites (tertiary alicyclic amines) is 1. The highest BCUT2D eigenvalue weighted by molar-refractivity contribution is 6.30. The second-order valence-electron chi connectivity index (χ2n) is 8.50. The highest BCUT2D eigenvalue weighted by atomic mass is 35.5. The molecule has 1 saturated heterocycles. The van der Waals surface area contributed by atoms with Crippen LogP contribution in [0, 0.1) is 0 Å². The van der Waals surface area contributed by atoms with Crippen LogP contribution in [0.4, 0.5) is 0 Å². The summed E-state index contributed by atoms with van der Waals surface area (Å²) in [4.78, 5) is 23.1. The molecular formula is C28H26ClN3O. The van der Waals surface area contributed by atoms with Gasteiger partial charge in [-0.05, 0) is 53.6 Å². The van der Waals surface area contributed by atoms with Gasteiger partial charge in [0.1, 0.15) is 5.82 Å². The first-order valence-electron chi connectivity index (χ1n) is 11.4. The van der Waals surface area contributed by atoms with E-state index in [1.165, 1.54) is 5.56 Å². The van der Waals surface area contributed by atoms with Gasteiger partial charge in [-0.2, -0.15) is 0 Å². The highest BCUT2D eigenvalue weighted by Gasteiger charge is 2.31. The SMILES string of the molecule is O=C(CCc1ccc(-c2ccc(Cl)cc2)cc1)N1CCC[C@H]1c1ncc(-c2ccccc2)[nH]1. The average Bonchev–Trinajstić information content (AvgIpc) is 3.54. The van der Waals surface area contributed by atoms with E-state index in [-0.39, 0.29) is 11.9 Å². The smallest absolute Gasteiger partial charge is 0.223 e. The van der Waals surface area contributed by atoms with Gasteiger partial charge in [0.15, 0.2) is 0 Å². The maximum absolute atomic E-state index is 13.1. The third kappa shape index (κ3) is 4.86. The van der Waals surface area contributed by atoms with Gasteiger partial charge in [-0.15, -0.1) is 0 Å². The molecule has 0 bridgehead atoms. The molecule has 0 aliphatic carbocycles. The van der Waals surface area contributed by atoms with E-state index in [4.69, 9.17) is 11.6 Å². The molecule has 1 aliphatic heterocycles. The van der Waals surface area contributed by atoms with Gasteiger partial charge in [-0.25, -0.2) is 4.98 Å². The number of aromatic nitrogens is 2. The first-order valence-corrected chi connectivity index (χ1v) is 11.8. The molecule has 1 amide bonds. The van der Waals surface area contributed by atoms with E-state index in [1.807, 2.05) is 53.6 Å². The van der Waals surface area contributed by atoms with Crippen LogP contribution in [0.25, 0.3) is 22.4 Å². The summed E-state index contributed by atoms with van der Waals surface area (Å²) in [7, 11) is 0. The van der Waals surface area contributed by atoms with Crippen LogP contribution in [0.3, 0.4) is 0 Å². The Labute approximate surface area is 199 Å². The van der Waals surface area contributed by atoms with Crippen molar-refractivity contribution in [1.29, 1.82) is 0 Å². The van der Waals surface area contributed by atoms with Crippen LogP contribution in [0.2, 0.25) is 5.02 Å². The lowest BCUT2D eigenvalue weighted by Crippen LogP contribution is -2.31. The topological polar surface area (TPSA) is 49.0 Å². The van der Waals surface area contributed by atoms with Crippen molar-refractivity contribution in [2.24, 2.45) is 0 Å². The molecule has 0 unspecified atom stereocenters. The Bertz CT molecular complexity index is 1220. The number of aryl methyl sites for hydroxylation is 1. The van der Waals surface area contributed by atoms with Crippen LogP contribution in [0.1, 0.15) is 36.7 Å². The number of hydrogen-bond donors (Lipinski definition) is 1. The molecule has 5 rings (SSSR count). The molecule has 2 heterocycles. The van der Waals surface area contributed by atoms with Crippen LogP contribution in [0.5, 0.6) is 0 Å². The molecule has 1 atom stereocenters. The lowest BCUT2D eigenvalue weighted by atomic mass is 10.0. The first-order chi connectivity index (χ1) is 16.2. The quantitative estimate of drug-likeness (QED) is 0.352. The van der Waals surface area contributed by atoms with Crippen LogP contribution in [-0.4, -0.2) is 27.3 Å². The largest absolute Gasteiger partial charge is 0.340 e. The van der Waals surface area contributed by atoms with Crippen molar-refractivity contribution in [2.45, 2.75) is 31.7 Å². The number of halogens is 1. The lowest BCUT2D eigenvalue weighted by Gasteiger charge is -2.23. The molecule has 4 aromatic rings. The monoisotopic (exact) mass is 455 g/mol. The number of hydrogen-bond acceptors (Lipinski definition) is 2. The minimum Gasteiger partial charge on any atom is -0.340 e. The Morgan fingerprint density at radius 2 is 1.64 bits per heavy atom. The average molecular weight is 456 g/mol. The molecule has 3 aromatic carbocycles. The fourth-order valence-corrected chi connectivity index (χ4v) is 4.65. The summed E-state index contributed by atoms with van der Waals surface area (Å²) in [5.74, 6) is 1.07. The number of carbonyl (C=O) groups excluding carboxylic acids is 1. The van der Waals surface area contributed by atoms with Crippen molar-refractivity contribution in [2.75, 3.05) is 6.54 Å². The number of nitrogens with one attached hydrogen (secondary N) is 1. The maximum atomic E-state index is 13.1. The zero-order chi connectivity index (χ0) is 22.6. The van der Waals surface area contributed by atoms with Crippen molar-refractivity contribution < 1.29 is 4.79 Å². The predicted molar refractivity (Wildman–Crippen MR) is 133 cm³/mol. The predicted octanol–water partition coefficient (Wildman–Crippen LogP) is 6.69.